The lowest BCUT2D eigenvalue weighted by Crippen LogP contribution is -2.07. The van der Waals surface area contributed by atoms with Gasteiger partial charge in [-0.2, -0.15) is 0 Å². The zero-order valence-corrected chi connectivity index (χ0v) is 9.75. The van der Waals surface area contributed by atoms with Crippen molar-refractivity contribution in [3.63, 3.8) is 0 Å². The smallest absolute Gasteiger partial charge is 0.247 e. The molecule has 0 bridgehead atoms. The first-order valence-electron chi connectivity index (χ1n) is 5.34. The Morgan fingerprint density at radius 3 is 2.88 bits per heavy atom. The quantitative estimate of drug-likeness (QED) is 0.773. The zero-order valence-electron chi connectivity index (χ0n) is 9.75. The van der Waals surface area contributed by atoms with Crippen molar-refractivity contribution >= 4 is 11.6 Å². The van der Waals surface area contributed by atoms with E-state index in [1.807, 2.05) is 25.1 Å². The summed E-state index contributed by atoms with van der Waals surface area (Å²) in [4.78, 5) is 11.1. The third-order valence-corrected chi connectivity index (χ3v) is 2.09. The monoisotopic (exact) mass is 219 g/mol. The molecule has 0 saturated carbocycles. The lowest BCUT2D eigenvalue weighted by molar-refractivity contribution is -0.111. The highest BCUT2D eigenvalue weighted by atomic mass is 16.5. The summed E-state index contributed by atoms with van der Waals surface area (Å²) >= 11 is 0. The second kappa shape index (κ2) is 5.95. The van der Waals surface area contributed by atoms with Crippen molar-refractivity contribution in [2.24, 2.45) is 0 Å². The van der Waals surface area contributed by atoms with Crippen LogP contribution in [0.2, 0.25) is 0 Å². The Balaban J connectivity index is 2.74. The Kier molecular flexibility index (Phi) is 4.58. The Bertz CT molecular complexity index is 386. The van der Waals surface area contributed by atoms with Crippen LogP contribution in [0.3, 0.4) is 0 Å². The van der Waals surface area contributed by atoms with Crippen molar-refractivity contribution in [1.82, 2.24) is 0 Å². The average Bonchev–Trinajstić information content (AvgIpc) is 2.28. The molecule has 1 aromatic carbocycles. The maximum absolute atomic E-state index is 11.1. The van der Waals surface area contributed by atoms with Gasteiger partial charge in [0.1, 0.15) is 5.75 Å². The summed E-state index contributed by atoms with van der Waals surface area (Å²) in [6.45, 7) is 8.12. The van der Waals surface area contributed by atoms with Crippen LogP contribution in [0.5, 0.6) is 5.75 Å². The van der Waals surface area contributed by atoms with Gasteiger partial charge in [0.05, 0.1) is 6.61 Å². The van der Waals surface area contributed by atoms with Gasteiger partial charge in [-0.15, -0.1) is 0 Å². The van der Waals surface area contributed by atoms with Gasteiger partial charge in [0.25, 0.3) is 0 Å². The molecule has 1 rings (SSSR count). The molecule has 0 heterocycles. The number of anilines is 1. The second-order valence-electron chi connectivity index (χ2n) is 3.52. The Hall–Kier alpha value is -1.77. The van der Waals surface area contributed by atoms with Crippen LogP contribution in [0.15, 0.2) is 30.9 Å². The van der Waals surface area contributed by atoms with Gasteiger partial charge in [-0.3, -0.25) is 4.79 Å². The maximum atomic E-state index is 11.1. The normalized spacial score (nSPS) is 9.62. The van der Waals surface area contributed by atoms with Gasteiger partial charge in [0, 0.05) is 5.69 Å². The minimum atomic E-state index is -0.207. The molecule has 1 N–H and O–H groups in total. The highest BCUT2D eigenvalue weighted by molar-refractivity contribution is 5.98. The molecule has 1 amide bonds. The van der Waals surface area contributed by atoms with Crippen molar-refractivity contribution in [1.29, 1.82) is 0 Å². The van der Waals surface area contributed by atoms with E-state index in [0.29, 0.717) is 6.61 Å². The van der Waals surface area contributed by atoms with Crippen molar-refractivity contribution in [3.05, 3.63) is 36.4 Å². The van der Waals surface area contributed by atoms with Crippen molar-refractivity contribution in [2.75, 3.05) is 11.9 Å². The predicted octanol–water partition coefficient (Wildman–Crippen LogP) is 2.91. The SMILES string of the molecule is C=CC(=O)Nc1ccc(OCCC)c(C)c1. The van der Waals surface area contributed by atoms with Crippen molar-refractivity contribution in [2.45, 2.75) is 20.3 Å². The van der Waals surface area contributed by atoms with Crippen LogP contribution in [0, 0.1) is 6.92 Å². The Morgan fingerprint density at radius 2 is 2.31 bits per heavy atom. The number of benzene rings is 1. The van der Waals surface area contributed by atoms with Gasteiger partial charge in [0.2, 0.25) is 5.91 Å². The molecule has 0 radical (unpaired) electrons. The highest BCUT2D eigenvalue weighted by Gasteiger charge is 2.02. The van der Waals surface area contributed by atoms with E-state index < -0.39 is 0 Å². The second-order valence-corrected chi connectivity index (χ2v) is 3.52. The number of nitrogens with one attached hydrogen (secondary N) is 1. The molecule has 86 valence electrons. The van der Waals surface area contributed by atoms with Crippen LogP contribution in [0.1, 0.15) is 18.9 Å². The molecule has 0 aliphatic heterocycles. The Labute approximate surface area is 96.1 Å². The molecule has 0 aromatic heterocycles. The van der Waals surface area contributed by atoms with E-state index in [0.717, 1.165) is 23.4 Å². The molecule has 16 heavy (non-hydrogen) atoms. The molecular weight excluding hydrogens is 202 g/mol. The largest absolute Gasteiger partial charge is 0.493 e. The molecule has 0 aliphatic carbocycles. The van der Waals surface area contributed by atoms with Gasteiger partial charge in [-0.05, 0) is 43.2 Å². The minimum Gasteiger partial charge on any atom is -0.493 e. The molecule has 3 nitrogen and oxygen atoms in total. The van der Waals surface area contributed by atoms with Gasteiger partial charge in [0.15, 0.2) is 0 Å². The number of ether oxygens (including phenoxy) is 1. The van der Waals surface area contributed by atoms with Crippen molar-refractivity contribution in [3.8, 4) is 5.75 Å². The minimum absolute atomic E-state index is 0.207. The van der Waals surface area contributed by atoms with Gasteiger partial charge in [-0.1, -0.05) is 13.5 Å². The van der Waals surface area contributed by atoms with E-state index in [-0.39, 0.29) is 5.91 Å². The summed E-state index contributed by atoms with van der Waals surface area (Å²) in [6, 6.07) is 5.56. The molecule has 0 saturated heterocycles. The Morgan fingerprint density at radius 1 is 1.56 bits per heavy atom. The number of carbonyl (C=O) groups excluding carboxylic acids is 1. The highest BCUT2D eigenvalue weighted by Crippen LogP contribution is 2.22. The molecule has 3 heteroatoms. The van der Waals surface area contributed by atoms with E-state index in [1.165, 1.54) is 6.08 Å². The fraction of sp³-hybridized carbons (Fsp3) is 0.308. The molecule has 1 aromatic rings. The summed E-state index contributed by atoms with van der Waals surface area (Å²) in [5.41, 5.74) is 1.77. The lowest BCUT2D eigenvalue weighted by atomic mass is 10.2. The fourth-order valence-corrected chi connectivity index (χ4v) is 1.29. The molecule has 0 unspecified atom stereocenters. The molecule has 0 atom stereocenters. The van der Waals surface area contributed by atoms with Crippen LogP contribution in [0.4, 0.5) is 5.69 Å². The number of rotatable bonds is 5. The summed E-state index contributed by atoms with van der Waals surface area (Å²) in [6.07, 6.45) is 2.23. The number of hydrogen-bond donors (Lipinski definition) is 1. The summed E-state index contributed by atoms with van der Waals surface area (Å²) in [7, 11) is 0. The van der Waals surface area contributed by atoms with Crippen LogP contribution < -0.4 is 10.1 Å². The number of carbonyl (C=O) groups is 1. The van der Waals surface area contributed by atoms with Crippen LogP contribution in [-0.2, 0) is 4.79 Å². The number of amides is 1. The van der Waals surface area contributed by atoms with E-state index >= 15 is 0 Å². The molecular formula is C13H17NO2. The first-order valence-corrected chi connectivity index (χ1v) is 5.34. The third kappa shape index (κ3) is 3.42. The standard InChI is InChI=1S/C13H17NO2/c1-4-8-16-12-7-6-11(9-10(12)3)14-13(15)5-2/h5-7,9H,2,4,8H2,1,3H3,(H,14,15). The fourth-order valence-electron chi connectivity index (χ4n) is 1.29. The van der Waals surface area contributed by atoms with Gasteiger partial charge >= 0.3 is 0 Å². The van der Waals surface area contributed by atoms with E-state index in [9.17, 15) is 4.79 Å². The van der Waals surface area contributed by atoms with E-state index in [4.69, 9.17) is 4.74 Å². The number of aryl methyl sites for hydroxylation is 1. The van der Waals surface area contributed by atoms with Gasteiger partial charge in [-0.25, -0.2) is 0 Å². The number of hydrogen-bond acceptors (Lipinski definition) is 2. The summed E-state index contributed by atoms with van der Waals surface area (Å²) in [5.74, 6) is 0.653. The van der Waals surface area contributed by atoms with Crippen LogP contribution in [-0.4, -0.2) is 12.5 Å². The van der Waals surface area contributed by atoms with Gasteiger partial charge < -0.3 is 10.1 Å². The van der Waals surface area contributed by atoms with Crippen molar-refractivity contribution < 1.29 is 9.53 Å². The molecule has 0 fully saturated rings. The molecule has 0 spiro atoms. The first-order chi connectivity index (χ1) is 7.67. The topological polar surface area (TPSA) is 38.3 Å². The zero-order chi connectivity index (χ0) is 12.0. The first kappa shape index (κ1) is 12.3. The van der Waals surface area contributed by atoms with Crippen LogP contribution >= 0.6 is 0 Å². The molecule has 0 aliphatic rings. The third-order valence-electron chi connectivity index (χ3n) is 2.09. The van der Waals surface area contributed by atoms with Crippen LogP contribution in [0.25, 0.3) is 0 Å². The lowest BCUT2D eigenvalue weighted by Gasteiger charge is -2.10. The summed E-state index contributed by atoms with van der Waals surface area (Å²) in [5, 5.41) is 2.70. The maximum Gasteiger partial charge on any atom is 0.247 e. The van der Waals surface area contributed by atoms with E-state index in [1.54, 1.807) is 0 Å². The van der Waals surface area contributed by atoms with E-state index in [2.05, 4.69) is 18.8 Å². The summed E-state index contributed by atoms with van der Waals surface area (Å²) < 4.78 is 5.54. The average molecular weight is 219 g/mol. The predicted molar refractivity (Wildman–Crippen MR) is 65.8 cm³/mol.